The van der Waals surface area contributed by atoms with Crippen LogP contribution in [0.25, 0.3) is 0 Å². The maximum absolute atomic E-state index is 11.7. The molecule has 1 rings (SSSR count). The molecule has 0 aromatic heterocycles. The number of hydrogen-bond acceptors (Lipinski definition) is 1. The first kappa shape index (κ1) is 12.5. The van der Waals surface area contributed by atoms with Crippen LogP contribution < -0.4 is 0 Å². The third-order valence-corrected chi connectivity index (χ3v) is 3.75. The molecule has 1 aliphatic carbocycles. The number of rotatable bonds is 3. The molecule has 1 aliphatic rings. The highest BCUT2D eigenvalue weighted by molar-refractivity contribution is 5.82. The molecule has 1 heteroatoms. The number of ketones is 1. The number of carbonyl (C=O) groups is 1. The van der Waals surface area contributed by atoms with Gasteiger partial charge in [0.2, 0.25) is 0 Å². The van der Waals surface area contributed by atoms with Crippen molar-refractivity contribution in [2.75, 3.05) is 0 Å². The molecule has 1 saturated carbocycles. The van der Waals surface area contributed by atoms with Crippen molar-refractivity contribution in [3.8, 4) is 0 Å². The minimum atomic E-state index is 0.321. The lowest BCUT2D eigenvalue weighted by molar-refractivity contribution is -0.123. The average Bonchev–Trinajstić information content (AvgIpc) is 2.17. The van der Waals surface area contributed by atoms with Gasteiger partial charge >= 0.3 is 0 Å². The molecule has 1 fully saturated rings. The lowest BCUT2D eigenvalue weighted by Gasteiger charge is -2.36. The maximum atomic E-state index is 11.7. The topological polar surface area (TPSA) is 17.1 Å². The van der Waals surface area contributed by atoms with E-state index in [0.717, 1.165) is 18.8 Å². The minimum Gasteiger partial charge on any atom is -0.299 e. The van der Waals surface area contributed by atoms with E-state index in [0.29, 0.717) is 23.5 Å². The number of carbonyl (C=O) groups excluding carboxylic acids is 1. The van der Waals surface area contributed by atoms with Crippen molar-refractivity contribution in [3.05, 3.63) is 12.7 Å². The number of Topliss-reactive ketones (excluding diaryl/α,β-unsaturated/α-hetero) is 1. The zero-order valence-corrected chi connectivity index (χ0v) is 10.4. The van der Waals surface area contributed by atoms with E-state index in [1.54, 1.807) is 6.08 Å². The van der Waals surface area contributed by atoms with Crippen molar-refractivity contribution < 1.29 is 4.79 Å². The first-order valence-electron chi connectivity index (χ1n) is 6.08. The van der Waals surface area contributed by atoms with Gasteiger partial charge in [0.15, 0.2) is 0 Å². The summed E-state index contributed by atoms with van der Waals surface area (Å²) in [7, 11) is 0. The summed E-state index contributed by atoms with van der Waals surface area (Å²) < 4.78 is 0. The van der Waals surface area contributed by atoms with Crippen molar-refractivity contribution in [2.24, 2.45) is 17.3 Å². The second kappa shape index (κ2) is 4.96. The van der Waals surface area contributed by atoms with Crippen LogP contribution in [-0.4, -0.2) is 5.78 Å². The Labute approximate surface area is 93.9 Å². The molecule has 0 bridgehead atoms. The van der Waals surface area contributed by atoms with E-state index in [2.05, 4.69) is 27.4 Å². The van der Waals surface area contributed by atoms with Gasteiger partial charge in [-0.15, -0.1) is 6.58 Å². The second-order valence-corrected chi connectivity index (χ2v) is 5.87. The van der Waals surface area contributed by atoms with E-state index in [-0.39, 0.29) is 0 Å². The Kier molecular flexibility index (Phi) is 4.12. The highest BCUT2D eigenvalue weighted by Gasteiger charge is 2.31. The zero-order valence-electron chi connectivity index (χ0n) is 10.4. The molecular formula is C14H24O. The summed E-state index contributed by atoms with van der Waals surface area (Å²) in [6, 6.07) is 0. The molecule has 0 aromatic carbocycles. The van der Waals surface area contributed by atoms with Crippen molar-refractivity contribution in [1.29, 1.82) is 0 Å². The lowest BCUT2D eigenvalue weighted by atomic mass is 9.69. The van der Waals surface area contributed by atoms with E-state index in [9.17, 15) is 4.79 Å². The Morgan fingerprint density at radius 1 is 1.27 bits per heavy atom. The fourth-order valence-corrected chi connectivity index (χ4v) is 2.59. The first-order chi connectivity index (χ1) is 6.95. The molecule has 15 heavy (non-hydrogen) atoms. The quantitative estimate of drug-likeness (QED) is 0.641. The van der Waals surface area contributed by atoms with Crippen LogP contribution in [0.3, 0.4) is 0 Å². The normalized spacial score (nSPS) is 27.4. The second-order valence-electron chi connectivity index (χ2n) is 5.87. The monoisotopic (exact) mass is 208 g/mol. The van der Waals surface area contributed by atoms with Crippen molar-refractivity contribution >= 4 is 5.78 Å². The molecule has 0 spiro atoms. The third-order valence-electron chi connectivity index (χ3n) is 3.75. The molecule has 0 aliphatic heterocycles. The Morgan fingerprint density at radius 3 is 2.20 bits per heavy atom. The molecule has 0 N–H and O–H groups in total. The van der Waals surface area contributed by atoms with E-state index in [4.69, 9.17) is 0 Å². The summed E-state index contributed by atoms with van der Waals surface area (Å²) in [5.74, 6) is 1.52. The zero-order chi connectivity index (χ0) is 11.5. The molecule has 0 amide bonds. The van der Waals surface area contributed by atoms with Crippen LogP contribution in [0.5, 0.6) is 0 Å². The molecule has 0 atom stereocenters. The molecule has 0 unspecified atom stereocenters. The minimum absolute atomic E-state index is 0.321. The van der Waals surface area contributed by atoms with E-state index in [1.165, 1.54) is 12.8 Å². The fourth-order valence-electron chi connectivity index (χ4n) is 2.59. The van der Waals surface area contributed by atoms with Crippen molar-refractivity contribution in [2.45, 2.75) is 52.9 Å². The van der Waals surface area contributed by atoms with Crippen LogP contribution in [0.1, 0.15) is 52.9 Å². The summed E-state index contributed by atoms with van der Waals surface area (Å²) in [6.07, 6.45) is 6.92. The van der Waals surface area contributed by atoms with Gasteiger partial charge in [0.25, 0.3) is 0 Å². The summed E-state index contributed by atoms with van der Waals surface area (Å²) in [5.41, 5.74) is 0.409. The van der Waals surface area contributed by atoms with Gasteiger partial charge in [-0.05, 0) is 37.0 Å². The molecule has 0 radical (unpaired) electrons. The summed E-state index contributed by atoms with van der Waals surface area (Å²) >= 11 is 0. The molecule has 1 nitrogen and oxygen atoms in total. The Bertz CT molecular complexity index is 226. The number of allylic oxidation sites excluding steroid dienone is 1. The van der Waals surface area contributed by atoms with Gasteiger partial charge in [-0.2, -0.15) is 0 Å². The van der Waals surface area contributed by atoms with Crippen LogP contribution in [0.4, 0.5) is 0 Å². The smallest absolute Gasteiger partial charge is 0.139 e. The largest absolute Gasteiger partial charge is 0.299 e. The van der Waals surface area contributed by atoms with Crippen LogP contribution in [0, 0.1) is 17.3 Å². The molecule has 0 saturated heterocycles. The van der Waals surface area contributed by atoms with E-state index >= 15 is 0 Å². The van der Waals surface area contributed by atoms with Gasteiger partial charge in [0.05, 0.1) is 0 Å². The van der Waals surface area contributed by atoms with Gasteiger partial charge in [-0.25, -0.2) is 0 Å². The number of hydrogen-bond donors (Lipinski definition) is 0. The van der Waals surface area contributed by atoms with Gasteiger partial charge in [-0.3, -0.25) is 4.79 Å². The molecule has 0 aromatic rings. The highest BCUT2D eigenvalue weighted by Crippen LogP contribution is 2.40. The molecular weight excluding hydrogens is 184 g/mol. The Morgan fingerprint density at radius 2 is 1.80 bits per heavy atom. The summed E-state index contributed by atoms with van der Waals surface area (Å²) in [5, 5.41) is 0. The fraction of sp³-hybridized carbons (Fsp3) is 0.786. The Hall–Kier alpha value is -0.590. The SMILES string of the molecule is C=CCC(=O)C1CCC(C(C)(C)C)CC1. The standard InChI is InChI=1S/C14H24O/c1-5-6-13(15)11-7-9-12(10-8-11)14(2,3)4/h5,11-12H,1,6-10H2,2-4H3. The van der Waals surface area contributed by atoms with Gasteiger partial charge in [0.1, 0.15) is 5.78 Å². The lowest BCUT2D eigenvalue weighted by Crippen LogP contribution is -2.28. The van der Waals surface area contributed by atoms with E-state index in [1.807, 2.05) is 0 Å². The van der Waals surface area contributed by atoms with Crippen LogP contribution in [0.15, 0.2) is 12.7 Å². The molecule has 0 heterocycles. The third kappa shape index (κ3) is 3.48. The van der Waals surface area contributed by atoms with Crippen molar-refractivity contribution in [1.82, 2.24) is 0 Å². The van der Waals surface area contributed by atoms with Gasteiger partial charge in [-0.1, -0.05) is 26.8 Å². The highest BCUT2D eigenvalue weighted by atomic mass is 16.1. The summed E-state index contributed by atoms with van der Waals surface area (Å²) in [6.45, 7) is 10.6. The van der Waals surface area contributed by atoms with Gasteiger partial charge < -0.3 is 0 Å². The first-order valence-corrected chi connectivity index (χ1v) is 6.08. The van der Waals surface area contributed by atoms with Crippen molar-refractivity contribution in [3.63, 3.8) is 0 Å². The predicted octanol–water partition coefficient (Wildman–Crippen LogP) is 3.98. The van der Waals surface area contributed by atoms with E-state index < -0.39 is 0 Å². The van der Waals surface area contributed by atoms with Crippen LogP contribution in [0.2, 0.25) is 0 Å². The van der Waals surface area contributed by atoms with Crippen LogP contribution in [-0.2, 0) is 4.79 Å². The van der Waals surface area contributed by atoms with Gasteiger partial charge in [0, 0.05) is 12.3 Å². The average molecular weight is 208 g/mol. The predicted molar refractivity (Wildman–Crippen MR) is 64.7 cm³/mol. The summed E-state index contributed by atoms with van der Waals surface area (Å²) in [4.78, 5) is 11.7. The Balaban J connectivity index is 2.42. The van der Waals surface area contributed by atoms with Crippen LogP contribution >= 0.6 is 0 Å². The maximum Gasteiger partial charge on any atom is 0.139 e. The molecule has 86 valence electrons.